The smallest absolute Gasteiger partial charge is 0.251 e. The molecule has 3 N–H and O–H groups in total. The molecule has 0 atom stereocenters. The quantitative estimate of drug-likeness (QED) is 0.838. The van der Waals surface area contributed by atoms with E-state index in [1.807, 2.05) is 26.8 Å². The SMILES string of the molecule is COc1cc(C(=O)NC(C)(C)CCN)ccc1C. The van der Waals surface area contributed by atoms with E-state index >= 15 is 0 Å². The lowest BCUT2D eigenvalue weighted by atomic mass is 10.00. The van der Waals surface area contributed by atoms with Gasteiger partial charge in [-0.3, -0.25) is 4.79 Å². The van der Waals surface area contributed by atoms with E-state index in [4.69, 9.17) is 10.5 Å². The maximum Gasteiger partial charge on any atom is 0.251 e. The number of benzene rings is 1. The van der Waals surface area contributed by atoms with E-state index in [1.165, 1.54) is 0 Å². The van der Waals surface area contributed by atoms with Gasteiger partial charge in [0.05, 0.1) is 7.11 Å². The molecule has 0 heterocycles. The molecule has 0 saturated carbocycles. The maximum absolute atomic E-state index is 12.1. The van der Waals surface area contributed by atoms with Crippen LogP contribution in [0.1, 0.15) is 36.2 Å². The summed E-state index contributed by atoms with van der Waals surface area (Å²) in [6, 6.07) is 5.43. The van der Waals surface area contributed by atoms with Gasteiger partial charge in [-0.05, 0) is 51.4 Å². The van der Waals surface area contributed by atoms with E-state index in [1.54, 1.807) is 19.2 Å². The van der Waals surface area contributed by atoms with Crippen LogP contribution < -0.4 is 15.8 Å². The molecule has 0 aromatic heterocycles. The molecule has 0 aliphatic heterocycles. The summed E-state index contributed by atoms with van der Waals surface area (Å²) in [5.74, 6) is 0.617. The molecule has 4 nitrogen and oxygen atoms in total. The first-order chi connectivity index (χ1) is 8.39. The lowest BCUT2D eigenvalue weighted by molar-refractivity contribution is 0.0910. The zero-order chi connectivity index (χ0) is 13.8. The van der Waals surface area contributed by atoms with Gasteiger partial charge < -0.3 is 15.8 Å². The molecule has 0 fully saturated rings. The second-order valence-corrected chi connectivity index (χ2v) is 5.06. The molecule has 1 amide bonds. The van der Waals surface area contributed by atoms with Crippen LogP contribution in [0.4, 0.5) is 0 Å². The van der Waals surface area contributed by atoms with E-state index < -0.39 is 0 Å². The molecule has 0 aliphatic carbocycles. The summed E-state index contributed by atoms with van der Waals surface area (Å²) in [5, 5.41) is 2.97. The molecule has 0 spiro atoms. The summed E-state index contributed by atoms with van der Waals surface area (Å²) >= 11 is 0. The van der Waals surface area contributed by atoms with Crippen LogP contribution in [-0.2, 0) is 0 Å². The molecule has 0 bridgehead atoms. The molecule has 1 aromatic rings. The van der Waals surface area contributed by atoms with Gasteiger partial charge in [-0.1, -0.05) is 6.07 Å². The Labute approximate surface area is 109 Å². The average Bonchev–Trinajstić information content (AvgIpc) is 2.28. The Morgan fingerprint density at radius 1 is 1.44 bits per heavy atom. The van der Waals surface area contributed by atoms with Crippen molar-refractivity contribution in [2.75, 3.05) is 13.7 Å². The standard InChI is InChI=1S/C14H22N2O2/c1-10-5-6-11(9-12(10)18-4)13(17)16-14(2,3)7-8-15/h5-6,9H,7-8,15H2,1-4H3,(H,16,17). The number of carbonyl (C=O) groups excluding carboxylic acids is 1. The van der Waals surface area contributed by atoms with E-state index in [9.17, 15) is 4.79 Å². The van der Waals surface area contributed by atoms with Crippen LogP contribution in [0, 0.1) is 6.92 Å². The summed E-state index contributed by atoms with van der Waals surface area (Å²) in [7, 11) is 1.60. The minimum absolute atomic E-state index is 0.105. The largest absolute Gasteiger partial charge is 0.496 e. The van der Waals surface area contributed by atoms with Crippen LogP contribution >= 0.6 is 0 Å². The zero-order valence-corrected chi connectivity index (χ0v) is 11.5. The fraction of sp³-hybridized carbons (Fsp3) is 0.500. The highest BCUT2D eigenvalue weighted by molar-refractivity contribution is 5.95. The molecule has 1 aromatic carbocycles. The van der Waals surface area contributed by atoms with Crippen LogP contribution in [0.2, 0.25) is 0 Å². The summed E-state index contributed by atoms with van der Waals surface area (Å²) in [4.78, 5) is 12.1. The second kappa shape index (κ2) is 5.87. The number of aryl methyl sites for hydroxylation is 1. The highest BCUT2D eigenvalue weighted by Crippen LogP contribution is 2.19. The Bertz CT molecular complexity index is 428. The lowest BCUT2D eigenvalue weighted by Gasteiger charge is -2.25. The number of nitrogens with one attached hydrogen (secondary N) is 1. The highest BCUT2D eigenvalue weighted by Gasteiger charge is 2.20. The number of carbonyl (C=O) groups is 1. The van der Waals surface area contributed by atoms with Crippen molar-refractivity contribution in [2.45, 2.75) is 32.7 Å². The van der Waals surface area contributed by atoms with Crippen molar-refractivity contribution >= 4 is 5.91 Å². The van der Waals surface area contributed by atoms with Crippen LogP contribution in [0.15, 0.2) is 18.2 Å². The number of hydrogen-bond donors (Lipinski definition) is 2. The van der Waals surface area contributed by atoms with Crippen molar-refractivity contribution in [1.82, 2.24) is 5.32 Å². The van der Waals surface area contributed by atoms with E-state index in [0.29, 0.717) is 12.1 Å². The Balaban J connectivity index is 2.85. The van der Waals surface area contributed by atoms with E-state index in [-0.39, 0.29) is 11.4 Å². The summed E-state index contributed by atoms with van der Waals surface area (Å²) in [6.07, 6.45) is 0.738. The molecular formula is C14H22N2O2. The summed E-state index contributed by atoms with van der Waals surface area (Å²) < 4.78 is 5.21. The summed E-state index contributed by atoms with van der Waals surface area (Å²) in [6.45, 7) is 6.41. The van der Waals surface area contributed by atoms with Gasteiger partial charge in [-0.15, -0.1) is 0 Å². The molecule has 0 radical (unpaired) electrons. The van der Waals surface area contributed by atoms with Crippen LogP contribution in [0.3, 0.4) is 0 Å². The molecule has 100 valence electrons. The fourth-order valence-corrected chi connectivity index (χ4v) is 1.76. The Morgan fingerprint density at radius 2 is 2.11 bits per heavy atom. The van der Waals surface area contributed by atoms with Crippen molar-refractivity contribution in [1.29, 1.82) is 0 Å². The monoisotopic (exact) mass is 250 g/mol. The van der Waals surface area contributed by atoms with Gasteiger partial charge in [-0.25, -0.2) is 0 Å². The second-order valence-electron chi connectivity index (χ2n) is 5.06. The predicted molar refractivity (Wildman–Crippen MR) is 72.9 cm³/mol. The highest BCUT2D eigenvalue weighted by atomic mass is 16.5. The Morgan fingerprint density at radius 3 is 2.67 bits per heavy atom. The van der Waals surface area contributed by atoms with Gasteiger partial charge in [0.1, 0.15) is 5.75 Å². The van der Waals surface area contributed by atoms with Gasteiger partial charge in [0, 0.05) is 11.1 Å². The number of amides is 1. The Kier molecular flexibility index (Phi) is 4.73. The van der Waals surface area contributed by atoms with E-state index in [0.717, 1.165) is 17.7 Å². The third kappa shape index (κ3) is 3.74. The number of hydrogen-bond acceptors (Lipinski definition) is 3. The van der Waals surface area contributed by atoms with E-state index in [2.05, 4.69) is 5.32 Å². The predicted octanol–water partition coefficient (Wildman–Crippen LogP) is 1.86. The van der Waals surface area contributed by atoms with Crippen molar-refractivity contribution < 1.29 is 9.53 Å². The summed E-state index contributed by atoms with van der Waals surface area (Å²) in [5.41, 5.74) is 6.83. The molecular weight excluding hydrogens is 228 g/mol. The van der Waals surface area contributed by atoms with Crippen LogP contribution in [-0.4, -0.2) is 25.1 Å². The van der Waals surface area contributed by atoms with Gasteiger partial charge in [0.15, 0.2) is 0 Å². The van der Waals surface area contributed by atoms with Crippen molar-refractivity contribution in [2.24, 2.45) is 5.73 Å². The first-order valence-corrected chi connectivity index (χ1v) is 6.07. The number of rotatable bonds is 5. The molecule has 0 aliphatic rings. The lowest BCUT2D eigenvalue weighted by Crippen LogP contribution is -2.44. The van der Waals surface area contributed by atoms with Gasteiger partial charge >= 0.3 is 0 Å². The number of nitrogens with two attached hydrogens (primary N) is 1. The van der Waals surface area contributed by atoms with Crippen molar-refractivity contribution in [3.63, 3.8) is 0 Å². The van der Waals surface area contributed by atoms with Crippen molar-refractivity contribution in [3.05, 3.63) is 29.3 Å². The first-order valence-electron chi connectivity index (χ1n) is 6.07. The van der Waals surface area contributed by atoms with Crippen LogP contribution in [0.5, 0.6) is 5.75 Å². The first kappa shape index (κ1) is 14.5. The number of methoxy groups -OCH3 is 1. The topological polar surface area (TPSA) is 64.3 Å². The maximum atomic E-state index is 12.1. The van der Waals surface area contributed by atoms with Crippen LogP contribution in [0.25, 0.3) is 0 Å². The molecule has 0 unspecified atom stereocenters. The fourth-order valence-electron chi connectivity index (χ4n) is 1.76. The normalized spacial score (nSPS) is 11.2. The van der Waals surface area contributed by atoms with Crippen molar-refractivity contribution in [3.8, 4) is 5.75 Å². The van der Waals surface area contributed by atoms with Gasteiger partial charge in [0.25, 0.3) is 5.91 Å². The molecule has 1 rings (SSSR count). The zero-order valence-electron chi connectivity index (χ0n) is 11.5. The molecule has 0 saturated heterocycles. The third-order valence-electron chi connectivity index (χ3n) is 2.89. The molecule has 18 heavy (non-hydrogen) atoms. The minimum atomic E-state index is -0.302. The number of ether oxygens (including phenoxy) is 1. The molecule has 4 heteroatoms. The van der Waals surface area contributed by atoms with Gasteiger partial charge in [-0.2, -0.15) is 0 Å². The average molecular weight is 250 g/mol. The Hall–Kier alpha value is -1.55. The third-order valence-corrected chi connectivity index (χ3v) is 2.89. The van der Waals surface area contributed by atoms with Gasteiger partial charge in [0.2, 0.25) is 0 Å². The minimum Gasteiger partial charge on any atom is -0.496 e.